The minimum absolute atomic E-state index is 0.112. The summed E-state index contributed by atoms with van der Waals surface area (Å²) in [6.45, 7) is 9.71. The fourth-order valence-electron chi connectivity index (χ4n) is 2.93. The minimum atomic E-state index is -1.04. The lowest BCUT2D eigenvalue weighted by molar-refractivity contribution is -0.152. The van der Waals surface area contributed by atoms with Crippen molar-refractivity contribution in [3.8, 4) is 0 Å². The molecule has 4 atom stereocenters. The zero-order valence-corrected chi connectivity index (χ0v) is 12.7. The third-order valence-corrected chi connectivity index (χ3v) is 4.41. The lowest BCUT2D eigenvalue weighted by atomic mass is 9.76. The molecule has 1 aliphatic carbocycles. The Morgan fingerprint density at radius 1 is 1.21 bits per heavy atom. The van der Waals surface area contributed by atoms with Crippen LogP contribution in [0.5, 0.6) is 0 Å². The Balaban J connectivity index is 2.74. The molecule has 1 rings (SSSR count). The molecule has 1 fully saturated rings. The topological polar surface area (TPSA) is 66.4 Å². The van der Waals surface area contributed by atoms with Crippen molar-refractivity contribution in [3.63, 3.8) is 0 Å². The zero-order chi connectivity index (χ0) is 14.8. The second kappa shape index (κ2) is 5.93. The summed E-state index contributed by atoms with van der Waals surface area (Å²) in [6, 6.07) is 0.112. The summed E-state index contributed by atoms with van der Waals surface area (Å²) in [7, 11) is 0. The van der Waals surface area contributed by atoms with Gasteiger partial charge in [-0.2, -0.15) is 0 Å². The maximum Gasteiger partial charge on any atom is 0.316 e. The van der Waals surface area contributed by atoms with Crippen LogP contribution in [-0.2, 0) is 9.59 Å². The van der Waals surface area contributed by atoms with Crippen molar-refractivity contribution in [1.29, 1.82) is 0 Å². The summed E-state index contributed by atoms with van der Waals surface area (Å²) < 4.78 is 0. The van der Waals surface area contributed by atoms with Crippen LogP contribution < -0.4 is 5.32 Å². The maximum absolute atomic E-state index is 12.3. The molecule has 2 N–H and O–H groups in total. The third-order valence-electron chi connectivity index (χ3n) is 4.41. The molecule has 0 aromatic heterocycles. The molecule has 0 aromatic rings. The van der Waals surface area contributed by atoms with Crippen LogP contribution in [-0.4, -0.2) is 23.0 Å². The number of amides is 1. The number of carboxylic acid groups (broad SMARTS) is 1. The van der Waals surface area contributed by atoms with E-state index >= 15 is 0 Å². The van der Waals surface area contributed by atoms with Crippen LogP contribution in [0.1, 0.15) is 53.9 Å². The molecule has 0 bridgehead atoms. The Bertz CT molecular complexity index is 346. The van der Waals surface area contributed by atoms with Crippen molar-refractivity contribution in [3.05, 3.63) is 0 Å². The lowest BCUT2D eigenvalue weighted by Crippen LogP contribution is -2.50. The number of carbonyl (C=O) groups excluding carboxylic acids is 1. The predicted octanol–water partition coefficient (Wildman–Crippen LogP) is 2.67. The molecular formula is C15H27NO3. The standard InChI is InChI=1S/C15H27NO3/c1-9-7-6-8-11(10(9)2)16-13(17)12(14(18)19)15(3,4)5/h9-12H,6-8H2,1-5H3,(H,16,17)(H,18,19). The predicted molar refractivity (Wildman–Crippen MR) is 74.7 cm³/mol. The summed E-state index contributed by atoms with van der Waals surface area (Å²) in [5.74, 6) is -1.38. The van der Waals surface area contributed by atoms with Gasteiger partial charge in [-0.15, -0.1) is 0 Å². The number of nitrogens with one attached hydrogen (secondary N) is 1. The normalized spacial score (nSPS) is 29.6. The highest BCUT2D eigenvalue weighted by Crippen LogP contribution is 2.31. The van der Waals surface area contributed by atoms with Crippen molar-refractivity contribution in [2.45, 2.75) is 59.9 Å². The van der Waals surface area contributed by atoms with E-state index in [1.54, 1.807) is 20.8 Å². The van der Waals surface area contributed by atoms with Crippen molar-refractivity contribution >= 4 is 11.9 Å². The molecule has 1 aliphatic rings. The SMILES string of the molecule is CC1CCCC(NC(=O)C(C(=O)O)C(C)(C)C)C1C. The van der Waals surface area contributed by atoms with Gasteiger partial charge >= 0.3 is 5.97 Å². The third kappa shape index (κ3) is 3.95. The van der Waals surface area contributed by atoms with Gasteiger partial charge in [-0.25, -0.2) is 0 Å². The molecule has 0 aliphatic heterocycles. The molecule has 0 radical (unpaired) electrons. The van der Waals surface area contributed by atoms with Gasteiger partial charge in [0, 0.05) is 6.04 Å². The van der Waals surface area contributed by atoms with E-state index in [1.165, 1.54) is 6.42 Å². The number of carboxylic acids is 1. The van der Waals surface area contributed by atoms with E-state index in [9.17, 15) is 14.7 Å². The first-order valence-corrected chi connectivity index (χ1v) is 7.17. The van der Waals surface area contributed by atoms with E-state index < -0.39 is 17.3 Å². The largest absolute Gasteiger partial charge is 0.481 e. The fourth-order valence-corrected chi connectivity index (χ4v) is 2.93. The van der Waals surface area contributed by atoms with Gasteiger partial charge < -0.3 is 10.4 Å². The molecule has 4 unspecified atom stereocenters. The average Bonchev–Trinajstić information content (AvgIpc) is 2.22. The maximum atomic E-state index is 12.3. The van der Waals surface area contributed by atoms with Gasteiger partial charge in [-0.3, -0.25) is 9.59 Å². The summed E-state index contributed by atoms with van der Waals surface area (Å²) >= 11 is 0. The van der Waals surface area contributed by atoms with E-state index in [0.29, 0.717) is 11.8 Å². The second-order valence-electron chi connectivity index (χ2n) is 7.02. The van der Waals surface area contributed by atoms with Crippen LogP contribution in [0.4, 0.5) is 0 Å². The van der Waals surface area contributed by atoms with E-state index in [-0.39, 0.29) is 11.9 Å². The number of rotatable bonds is 3. The Kier molecular flexibility index (Phi) is 4.99. The molecule has 0 aromatic carbocycles. The summed E-state index contributed by atoms with van der Waals surface area (Å²) in [5.41, 5.74) is -0.570. The number of hydrogen-bond acceptors (Lipinski definition) is 2. The van der Waals surface area contributed by atoms with Crippen LogP contribution in [0, 0.1) is 23.2 Å². The van der Waals surface area contributed by atoms with E-state index in [0.717, 1.165) is 12.8 Å². The van der Waals surface area contributed by atoms with Crippen LogP contribution in [0.25, 0.3) is 0 Å². The van der Waals surface area contributed by atoms with Crippen LogP contribution in [0.2, 0.25) is 0 Å². The molecule has 0 saturated heterocycles. The highest BCUT2D eigenvalue weighted by Gasteiger charge is 2.39. The summed E-state index contributed by atoms with van der Waals surface area (Å²) in [5, 5.41) is 12.2. The van der Waals surface area contributed by atoms with Crippen LogP contribution >= 0.6 is 0 Å². The number of carbonyl (C=O) groups is 2. The summed E-state index contributed by atoms with van der Waals surface area (Å²) in [6.07, 6.45) is 3.24. The monoisotopic (exact) mass is 269 g/mol. The molecule has 4 nitrogen and oxygen atoms in total. The molecule has 19 heavy (non-hydrogen) atoms. The van der Waals surface area contributed by atoms with E-state index in [4.69, 9.17) is 0 Å². The Hall–Kier alpha value is -1.06. The van der Waals surface area contributed by atoms with Gasteiger partial charge in [-0.05, 0) is 23.7 Å². The molecular weight excluding hydrogens is 242 g/mol. The Morgan fingerprint density at radius 3 is 2.26 bits per heavy atom. The van der Waals surface area contributed by atoms with Gasteiger partial charge in [0.05, 0.1) is 0 Å². The van der Waals surface area contributed by atoms with Crippen LogP contribution in [0.15, 0.2) is 0 Å². The number of hydrogen-bond donors (Lipinski definition) is 2. The van der Waals surface area contributed by atoms with E-state index in [2.05, 4.69) is 19.2 Å². The van der Waals surface area contributed by atoms with Crippen molar-refractivity contribution < 1.29 is 14.7 Å². The van der Waals surface area contributed by atoms with Gasteiger partial charge in [0.15, 0.2) is 0 Å². The van der Waals surface area contributed by atoms with Crippen molar-refractivity contribution in [1.82, 2.24) is 5.32 Å². The van der Waals surface area contributed by atoms with Crippen molar-refractivity contribution in [2.24, 2.45) is 23.2 Å². The highest BCUT2D eigenvalue weighted by molar-refractivity contribution is 5.97. The van der Waals surface area contributed by atoms with Gasteiger partial charge in [-0.1, -0.05) is 47.5 Å². The van der Waals surface area contributed by atoms with Crippen LogP contribution in [0.3, 0.4) is 0 Å². The second-order valence-corrected chi connectivity index (χ2v) is 7.02. The average molecular weight is 269 g/mol. The molecule has 0 spiro atoms. The van der Waals surface area contributed by atoms with Gasteiger partial charge in [0.1, 0.15) is 5.92 Å². The molecule has 1 saturated carbocycles. The minimum Gasteiger partial charge on any atom is -0.481 e. The lowest BCUT2D eigenvalue weighted by Gasteiger charge is -2.36. The highest BCUT2D eigenvalue weighted by atomic mass is 16.4. The zero-order valence-electron chi connectivity index (χ0n) is 12.7. The quantitative estimate of drug-likeness (QED) is 0.774. The molecule has 1 amide bonds. The van der Waals surface area contributed by atoms with Gasteiger partial charge in [0.2, 0.25) is 5.91 Å². The van der Waals surface area contributed by atoms with Crippen molar-refractivity contribution in [2.75, 3.05) is 0 Å². The smallest absolute Gasteiger partial charge is 0.316 e. The Labute approximate surface area is 116 Å². The Morgan fingerprint density at radius 2 is 1.79 bits per heavy atom. The first kappa shape index (κ1) is 16.0. The first-order chi connectivity index (χ1) is 8.64. The molecule has 4 heteroatoms. The number of aliphatic carboxylic acids is 1. The first-order valence-electron chi connectivity index (χ1n) is 7.17. The summed E-state index contributed by atoms with van der Waals surface area (Å²) in [4.78, 5) is 23.6. The molecule has 0 heterocycles. The van der Waals surface area contributed by atoms with Gasteiger partial charge in [0.25, 0.3) is 0 Å². The van der Waals surface area contributed by atoms with E-state index in [1.807, 2.05) is 0 Å². The molecule has 110 valence electrons. The fraction of sp³-hybridized carbons (Fsp3) is 0.867.